The van der Waals surface area contributed by atoms with E-state index in [4.69, 9.17) is 11.2 Å². The van der Waals surface area contributed by atoms with Crippen LogP contribution in [0.25, 0.3) is 11.3 Å². The summed E-state index contributed by atoms with van der Waals surface area (Å²) < 4.78 is 5.35. The summed E-state index contributed by atoms with van der Waals surface area (Å²) in [6, 6.07) is 5.18. The highest BCUT2D eigenvalue weighted by Gasteiger charge is 2.20. The Kier molecular flexibility index (Phi) is 5.00. The van der Waals surface area contributed by atoms with E-state index in [1.165, 1.54) is 13.2 Å². The number of rotatable bonds is 4. The van der Waals surface area contributed by atoms with Crippen molar-refractivity contribution in [2.45, 2.75) is 18.9 Å². The number of ether oxygens (including phenoxy) is 1. The number of phenols is 1. The highest BCUT2D eigenvalue weighted by atomic mass is 16.5. The van der Waals surface area contributed by atoms with Gasteiger partial charge in [0.2, 0.25) is 11.8 Å². The third-order valence-corrected chi connectivity index (χ3v) is 4.23. The van der Waals surface area contributed by atoms with Crippen LogP contribution >= 0.6 is 0 Å². The van der Waals surface area contributed by atoms with Gasteiger partial charge in [-0.05, 0) is 44.6 Å². The lowest BCUT2D eigenvalue weighted by Gasteiger charge is -2.30. The predicted octanol–water partition coefficient (Wildman–Crippen LogP) is 1.74. The summed E-state index contributed by atoms with van der Waals surface area (Å²) in [5, 5.41) is 21.8. The lowest BCUT2D eigenvalue weighted by atomic mass is 10.1. The largest absolute Gasteiger partial charge is 0.507 e. The number of likely N-dealkylation sites (tertiary alicyclic amines) is 1. The molecular formula is C18H21N5O2. The van der Waals surface area contributed by atoms with Gasteiger partial charge in [-0.2, -0.15) is 4.98 Å². The van der Waals surface area contributed by atoms with Crippen LogP contribution in [0.4, 0.5) is 5.95 Å². The zero-order valence-corrected chi connectivity index (χ0v) is 14.4. The smallest absolute Gasteiger partial charge is 0.246 e. The summed E-state index contributed by atoms with van der Waals surface area (Å²) in [6.07, 6.45) is 7.54. The van der Waals surface area contributed by atoms with Gasteiger partial charge in [0.1, 0.15) is 5.75 Å². The normalized spacial score (nSPS) is 17.7. The highest BCUT2D eigenvalue weighted by molar-refractivity contribution is 5.71. The first kappa shape index (κ1) is 17.0. The van der Waals surface area contributed by atoms with Crippen molar-refractivity contribution in [2.75, 3.05) is 32.6 Å². The van der Waals surface area contributed by atoms with Crippen LogP contribution in [-0.4, -0.2) is 58.5 Å². The zero-order chi connectivity index (χ0) is 17.8. The number of anilines is 1. The van der Waals surface area contributed by atoms with Crippen molar-refractivity contribution in [2.24, 2.45) is 0 Å². The van der Waals surface area contributed by atoms with E-state index >= 15 is 0 Å². The van der Waals surface area contributed by atoms with E-state index in [-0.39, 0.29) is 11.8 Å². The number of benzene rings is 1. The van der Waals surface area contributed by atoms with Gasteiger partial charge in [0.25, 0.3) is 0 Å². The minimum Gasteiger partial charge on any atom is -0.507 e. The lowest BCUT2D eigenvalue weighted by Crippen LogP contribution is -2.40. The second-order valence-electron chi connectivity index (χ2n) is 6.12. The monoisotopic (exact) mass is 339 g/mol. The van der Waals surface area contributed by atoms with Crippen molar-refractivity contribution in [3.63, 3.8) is 0 Å². The fourth-order valence-corrected chi connectivity index (χ4v) is 2.97. The van der Waals surface area contributed by atoms with Crippen LogP contribution in [0.15, 0.2) is 18.2 Å². The van der Waals surface area contributed by atoms with Crippen molar-refractivity contribution in [3.8, 4) is 35.2 Å². The third kappa shape index (κ3) is 3.80. The van der Waals surface area contributed by atoms with E-state index in [0.29, 0.717) is 28.6 Å². The average molecular weight is 339 g/mol. The summed E-state index contributed by atoms with van der Waals surface area (Å²) in [4.78, 5) is 6.66. The number of nitrogens with one attached hydrogen (secondary N) is 1. The molecule has 7 heteroatoms. The van der Waals surface area contributed by atoms with Gasteiger partial charge in [0.05, 0.1) is 7.11 Å². The maximum Gasteiger partial charge on any atom is 0.246 e. The van der Waals surface area contributed by atoms with Crippen molar-refractivity contribution >= 4 is 5.95 Å². The van der Waals surface area contributed by atoms with Crippen molar-refractivity contribution in [3.05, 3.63) is 23.8 Å². The molecule has 2 aromatic rings. The fraction of sp³-hybridized carbons (Fsp3) is 0.389. The quantitative estimate of drug-likeness (QED) is 0.821. The third-order valence-electron chi connectivity index (χ3n) is 4.23. The molecular weight excluding hydrogens is 318 g/mol. The van der Waals surface area contributed by atoms with E-state index in [0.717, 1.165) is 25.9 Å². The molecule has 25 heavy (non-hydrogen) atoms. The summed E-state index contributed by atoms with van der Waals surface area (Å²) in [5.74, 6) is 3.20. The van der Waals surface area contributed by atoms with E-state index < -0.39 is 0 Å². The first-order valence-electron chi connectivity index (χ1n) is 8.14. The van der Waals surface area contributed by atoms with E-state index in [1.807, 2.05) is 0 Å². The van der Waals surface area contributed by atoms with Crippen molar-refractivity contribution < 1.29 is 9.84 Å². The zero-order valence-electron chi connectivity index (χ0n) is 14.4. The second kappa shape index (κ2) is 7.36. The molecule has 3 rings (SSSR count). The van der Waals surface area contributed by atoms with Gasteiger partial charge in [0, 0.05) is 23.7 Å². The average Bonchev–Trinajstić information content (AvgIpc) is 2.62. The Balaban J connectivity index is 1.86. The molecule has 7 nitrogen and oxygen atoms in total. The van der Waals surface area contributed by atoms with E-state index in [1.54, 1.807) is 12.1 Å². The molecule has 1 atom stereocenters. The Labute approximate surface area is 147 Å². The maximum absolute atomic E-state index is 10.2. The number of terminal acetylenes is 1. The topological polar surface area (TPSA) is 83.4 Å². The number of hydrogen-bond donors (Lipinski definition) is 2. The number of hydrogen-bond acceptors (Lipinski definition) is 7. The summed E-state index contributed by atoms with van der Waals surface area (Å²) >= 11 is 0. The van der Waals surface area contributed by atoms with Crippen LogP contribution in [0.1, 0.15) is 18.4 Å². The summed E-state index contributed by atoms with van der Waals surface area (Å²) in [7, 11) is 3.61. The predicted molar refractivity (Wildman–Crippen MR) is 95.6 cm³/mol. The minimum absolute atomic E-state index is 0.0134. The van der Waals surface area contributed by atoms with Gasteiger partial charge in [0.15, 0.2) is 5.69 Å². The number of nitrogens with zero attached hydrogens (tertiary/aromatic N) is 4. The van der Waals surface area contributed by atoms with Gasteiger partial charge in [-0.1, -0.05) is 5.92 Å². The summed E-state index contributed by atoms with van der Waals surface area (Å²) in [6.45, 7) is 2.04. The molecule has 0 bridgehead atoms. The Morgan fingerprint density at radius 2 is 2.24 bits per heavy atom. The van der Waals surface area contributed by atoms with Gasteiger partial charge >= 0.3 is 0 Å². The number of phenolic OH excluding ortho intramolecular Hbond substituents is 1. The summed E-state index contributed by atoms with van der Waals surface area (Å²) in [5.41, 5.74) is 1.43. The van der Waals surface area contributed by atoms with Crippen LogP contribution in [0.3, 0.4) is 0 Å². The molecule has 0 spiro atoms. The molecule has 0 aliphatic carbocycles. The molecule has 1 saturated heterocycles. The van der Waals surface area contributed by atoms with Gasteiger partial charge in [-0.15, -0.1) is 16.6 Å². The minimum atomic E-state index is 0.0134. The van der Waals surface area contributed by atoms with Crippen LogP contribution in [0.2, 0.25) is 0 Å². The van der Waals surface area contributed by atoms with Gasteiger partial charge in [-0.25, -0.2) is 0 Å². The molecule has 130 valence electrons. The Morgan fingerprint density at radius 1 is 1.40 bits per heavy atom. The van der Waals surface area contributed by atoms with Crippen molar-refractivity contribution in [1.29, 1.82) is 0 Å². The van der Waals surface area contributed by atoms with Crippen LogP contribution in [0.5, 0.6) is 11.6 Å². The number of methoxy groups -OCH3 is 1. The maximum atomic E-state index is 10.2. The Bertz CT molecular complexity index is 803. The Hall–Kier alpha value is -2.85. The van der Waals surface area contributed by atoms with Crippen LogP contribution in [-0.2, 0) is 0 Å². The number of aromatic hydroxyl groups is 1. The number of aromatic nitrogens is 3. The first-order valence-corrected chi connectivity index (χ1v) is 8.14. The molecule has 1 aromatic carbocycles. The molecule has 2 heterocycles. The fourth-order valence-electron chi connectivity index (χ4n) is 2.97. The molecule has 1 aromatic heterocycles. The Morgan fingerprint density at radius 3 is 2.92 bits per heavy atom. The van der Waals surface area contributed by atoms with E-state index in [9.17, 15) is 5.11 Å². The molecule has 1 unspecified atom stereocenters. The van der Waals surface area contributed by atoms with Gasteiger partial charge < -0.3 is 20.1 Å². The molecule has 0 amide bonds. The molecule has 1 aliphatic heterocycles. The highest BCUT2D eigenvalue weighted by Crippen LogP contribution is 2.33. The number of likely N-dealkylation sites (N-methyl/N-ethyl adjacent to an activating group) is 1. The molecule has 0 radical (unpaired) electrons. The van der Waals surface area contributed by atoms with Gasteiger partial charge in [-0.3, -0.25) is 0 Å². The van der Waals surface area contributed by atoms with Crippen LogP contribution in [0, 0.1) is 12.3 Å². The first-order chi connectivity index (χ1) is 12.1. The number of piperidine rings is 1. The standard InChI is InChI=1S/C18H21N5O2/c1-4-12-7-8-14(15(24)10-12)16-17(25-3)20-18(22-21-16)19-13-6-5-9-23(2)11-13/h1,7-8,10,13,24H,5-6,9,11H2,2-3H3,(H,19,20,22). The molecule has 1 fully saturated rings. The van der Waals surface area contributed by atoms with Crippen molar-refractivity contribution in [1.82, 2.24) is 20.1 Å². The molecule has 0 saturated carbocycles. The van der Waals surface area contributed by atoms with Crippen LogP contribution < -0.4 is 10.1 Å². The van der Waals surface area contributed by atoms with E-state index in [2.05, 4.69) is 38.4 Å². The molecule has 2 N–H and O–H groups in total. The second-order valence-corrected chi connectivity index (χ2v) is 6.12. The molecule has 1 aliphatic rings. The lowest BCUT2D eigenvalue weighted by molar-refractivity contribution is 0.260. The SMILES string of the molecule is C#Cc1ccc(-c2nnc(NC3CCCN(C)C3)nc2OC)c(O)c1.